The Balaban J connectivity index is 1.60. The van der Waals surface area contributed by atoms with Gasteiger partial charge in [-0.3, -0.25) is 14.3 Å². The maximum Gasteiger partial charge on any atom is 0.263 e. The van der Waals surface area contributed by atoms with Crippen molar-refractivity contribution in [1.29, 1.82) is 0 Å². The predicted molar refractivity (Wildman–Crippen MR) is 103 cm³/mol. The number of pyridine rings is 1. The van der Waals surface area contributed by atoms with E-state index in [0.717, 1.165) is 45.1 Å². The van der Waals surface area contributed by atoms with E-state index in [1.807, 2.05) is 6.92 Å². The van der Waals surface area contributed by atoms with Gasteiger partial charge in [0.2, 0.25) is 0 Å². The zero-order valence-electron chi connectivity index (χ0n) is 15.9. The van der Waals surface area contributed by atoms with E-state index >= 15 is 0 Å². The quantitative estimate of drug-likeness (QED) is 0.722. The van der Waals surface area contributed by atoms with Crippen LogP contribution in [-0.4, -0.2) is 67.5 Å². The lowest BCUT2D eigenvalue weighted by atomic mass is 10.3. The van der Waals surface area contributed by atoms with Gasteiger partial charge in [0.05, 0.1) is 30.3 Å². The smallest absolute Gasteiger partial charge is 0.263 e. The lowest BCUT2D eigenvalue weighted by Crippen LogP contribution is -2.39. The summed E-state index contributed by atoms with van der Waals surface area (Å²) in [6.07, 6.45) is 1.36. The van der Waals surface area contributed by atoms with Crippen molar-refractivity contribution in [2.45, 2.75) is 18.7 Å². The third kappa shape index (κ3) is 4.76. The molecule has 10 heteroatoms. The first-order chi connectivity index (χ1) is 12.9. The number of aryl methyl sites for hydroxylation is 2. The summed E-state index contributed by atoms with van der Waals surface area (Å²) in [4.78, 5) is 6.66. The van der Waals surface area contributed by atoms with Gasteiger partial charge in [0.25, 0.3) is 10.0 Å². The molecule has 0 aromatic carbocycles. The SMILES string of the molecule is Cc1nn(C)c(C)c1NS(=O)(=O)c1ccc(NCCN2CCOCC2)nc1. The first-order valence-corrected chi connectivity index (χ1v) is 10.4. The first kappa shape index (κ1) is 19.6. The molecule has 0 spiro atoms. The number of nitrogens with zero attached hydrogens (tertiary/aromatic N) is 4. The van der Waals surface area contributed by atoms with E-state index in [1.165, 1.54) is 6.20 Å². The molecule has 27 heavy (non-hydrogen) atoms. The second-order valence-electron chi connectivity index (χ2n) is 6.53. The van der Waals surface area contributed by atoms with Crippen molar-refractivity contribution in [2.75, 3.05) is 49.4 Å². The molecule has 9 nitrogen and oxygen atoms in total. The highest BCUT2D eigenvalue weighted by Gasteiger charge is 2.19. The van der Waals surface area contributed by atoms with Crippen LogP contribution < -0.4 is 10.0 Å². The number of sulfonamides is 1. The van der Waals surface area contributed by atoms with E-state index in [-0.39, 0.29) is 4.90 Å². The molecule has 1 aliphatic rings. The van der Waals surface area contributed by atoms with Gasteiger partial charge in [0, 0.05) is 39.4 Å². The van der Waals surface area contributed by atoms with Gasteiger partial charge in [-0.05, 0) is 26.0 Å². The normalized spacial score (nSPS) is 15.7. The summed E-state index contributed by atoms with van der Waals surface area (Å²) in [5.74, 6) is 0.649. The van der Waals surface area contributed by atoms with Crippen molar-refractivity contribution in [1.82, 2.24) is 19.7 Å². The van der Waals surface area contributed by atoms with Crippen LogP contribution >= 0.6 is 0 Å². The summed E-state index contributed by atoms with van der Waals surface area (Å²) in [6.45, 7) is 8.64. The Bertz CT molecular complexity index is 873. The number of aromatic nitrogens is 3. The number of rotatable bonds is 7. The third-order valence-electron chi connectivity index (χ3n) is 4.63. The van der Waals surface area contributed by atoms with Crippen LogP contribution in [0.3, 0.4) is 0 Å². The summed E-state index contributed by atoms with van der Waals surface area (Å²) in [5.41, 5.74) is 1.89. The van der Waals surface area contributed by atoms with Crippen molar-refractivity contribution in [3.8, 4) is 0 Å². The molecule has 1 saturated heterocycles. The van der Waals surface area contributed by atoms with Crippen LogP contribution in [-0.2, 0) is 21.8 Å². The minimum atomic E-state index is -3.72. The van der Waals surface area contributed by atoms with Crippen LogP contribution in [0.4, 0.5) is 11.5 Å². The zero-order chi connectivity index (χ0) is 19.4. The monoisotopic (exact) mass is 394 g/mol. The van der Waals surface area contributed by atoms with E-state index < -0.39 is 10.0 Å². The Morgan fingerprint density at radius 2 is 1.96 bits per heavy atom. The molecule has 0 saturated carbocycles. The lowest BCUT2D eigenvalue weighted by molar-refractivity contribution is 0.0398. The van der Waals surface area contributed by atoms with Gasteiger partial charge in [-0.25, -0.2) is 13.4 Å². The van der Waals surface area contributed by atoms with Gasteiger partial charge < -0.3 is 10.1 Å². The van der Waals surface area contributed by atoms with Crippen LogP contribution in [0.2, 0.25) is 0 Å². The highest BCUT2D eigenvalue weighted by Crippen LogP contribution is 2.22. The molecule has 3 heterocycles. The van der Waals surface area contributed by atoms with E-state index in [2.05, 4.69) is 25.0 Å². The molecule has 2 aromatic rings. The molecular weight excluding hydrogens is 368 g/mol. The molecule has 0 bridgehead atoms. The predicted octanol–water partition coefficient (Wildman–Crippen LogP) is 0.977. The van der Waals surface area contributed by atoms with Gasteiger partial charge >= 0.3 is 0 Å². The molecule has 1 aliphatic heterocycles. The highest BCUT2D eigenvalue weighted by molar-refractivity contribution is 7.92. The second kappa shape index (κ2) is 8.24. The average Bonchev–Trinajstić information content (AvgIpc) is 2.89. The standard InChI is InChI=1S/C17H26N6O3S/c1-13-17(14(2)22(3)20-13)21-27(24,25)15-4-5-16(19-12-15)18-6-7-23-8-10-26-11-9-23/h4-5,12,21H,6-11H2,1-3H3,(H,18,19). The van der Waals surface area contributed by atoms with Gasteiger partial charge in [-0.15, -0.1) is 0 Å². The number of anilines is 2. The lowest BCUT2D eigenvalue weighted by Gasteiger charge is -2.26. The molecule has 3 rings (SSSR count). The second-order valence-corrected chi connectivity index (χ2v) is 8.22. The van der Waals surface area contributed by atoms with Crippen LogP contribution in [0, 0.1) is 13.8 Å². The fourth-order valence-corrected chi connectivity index (χ4v) is 4.05. The molecule has 0 atom stereocenters. The molecule has 0 radical (unpaired) electrons. The van der Waals surface area contributed by atoms with E-state index in [4.69, 9.17) is 4.74 Å². The number of hydrogen-bond donors (Lipinski definition) is 2. The number of nitrogens with one attached hydrogen (secondary N) is 2. The largest absolute Gasteiger partial charge is 0.379 e. The molecule has 1 fully saturated rings. The molecule has 0 amide bonds. The maximum atomic E-state index is 12.6. The molecule has 0 unspecified atom stereocenters. The Morgan fingerprint density at radius 1 is 1.22 bits per heavy atom. The van der Waals surface area contributed by atoms with Gasteiger partial charge in [-0.1, -0.05) is 0 Å². The number of ether oxygens (including phenoxy) is 1. The van der Waals surface area contributed by atoms with Crippen molar-refractivity contribution < 1.29 is 13.2 Å². The van der Waals surface area contributed by atoms with Crippen molar-refractivity contribution >= 4 is 21.5 Å². The summed E-state index contributed by atoms with van der Waals surface area (Å²) >= 11 is 0. The molecule has 2 N–H and O–H groups in total. The molecule has 0 aliphatic carbocycles. The number of hydrogen-bond acceptors (Lipinski definition) is 7. The van der Waals surface area contributed by atoms with E-state index in [1.54, 1.807) is 30.8 Å². The molecule has 2 aromatic heterocycles. The van der Waals surface area contributed by atoms with Gasteiger partial charge in [0.1, 0.15) is 10.7 Å². The summed E-state index contributed by atoms with van der Waals surface area (Å²) in [6, 6.07) is 3.23. The number of morpholine rings is 1. The summed E-state index contributed by atoms with van der Waals surface area (Å²) < 4.78 is 34.8. The topological polar surface area (TPSA) is 101 Å². The average molecular weight is 395 g/mol. The van der Waals surface area contributed by atoms with Crippen LogP contribution in [0.5, 0.6) is 0 Å². The Labute approximate surface area is 159 Å². The van der Waals surface area contributed by atoms with Crippen molar-refractivity contribution in [3.05, 3.63) is 29.7 Å². The Hall–Kier alpha value is -2.17. The minimum Gasteiger partial charge on any atom is -0.379 e. The summed E-state index contributed by atoms with van der Waals surface area (Å²) in [5, 5.41) is 7.45. The minimum absolute atomic E-state index is 0.115. The van der Waals surface area contributed by atoms with E-state index in [0.29, 0.717) is 17.2 Å². The zero-order valence-corrected chi connectivity index (χ0v) is 16.7. The first-order valence-electron chi connectivity index (χ1n) is 8.90. The fourth-order valence-electron chi connectivity index (χ4n) is 2.93. The van der Waals surface area contributed by atoms with Crippen LogP contribution in [0.15, 0.2) is 23.2 Å². The van der Waals surface area contributed by atoms with Gasteiger partial charge in [-0.2, -0.15) is 5.10 Å². The van der Waals surface area contributed by atoms with Crippen molar-refractivity contribution in [2.24, 2.45) is 7.05 Å². The maximum absolute atomic E-state index is 12.6. The third-order valence-corrected chi connectivity index (χ3v) is 5.96. The van der Waals surface area contributed by atoms with Crippen molar-refractivity contribution in [3.63, 3.8) is 0 Å². The molecule has 148 valence electrons. The van der Waals surface area contributed by atoms with Crippen LogP contribution in [0.1, 0.15) is 11.4 Å². The molecular formula is C17H26N6O3S. The van der Waals surface area contributed by atoms with E-state index in [9.17, 15) is 8.42 Å². The van der Waals surface area contributed by atoms with Crippen LogP contribution in [0.25, 0.3) is 0 Å². The van der Waals surface area contributed by atoms with Gasteiger partial charge in [0.15, 0.2) is 0 Å². The fraction of sp³-hybridized carbons (Fsp3) is 0.529. The highest BCUT2D eigenvalue weighted by atomic mass is 32.2. The Morgan fingerprint density at radius 3 is 2.56 bits per heavy atom. The summed E-state index contributed by atoms with van der Waals surface area (Å²) in [7, 11) is -1.94. The Kier molecular flexibility index (Phi) is 5.98.